The van der Waals surface area contributed by atoms with Gasteiger partial charge in [0.25, 0.3) is 11.7 Å². The maximum atomic E-state index is 13.2. The second-order valence-electron chi connectivity index (χ2n) is 9.30. The summed E-state index contributed by atoms with van der Waals surface area (Å²) in [7, 11) is 0. The number of aliphatic hydroxyl groups is 1. The number of hydrogen-bond acceptors (Lipinski definition) is 5. The van der Waals surface area contributed by atoms with Crippen LogP contribution in [0.25, 0.3) is 5.76 Å². The van der Waals surface area contributed by atoms with Crippen molar-refractivity contribution in [1.82, 2.24) is 14.5 Å². The van der Waals surface area contributed by atoms with Gasteiger partial charge in [-0.1, -0.05) is 54.6 Å². The van der Waals surface area contributed by atoms with E-state index in [2.05, 4.69) is 4.98 Å². The average Bonchev–Trinajstić information content (AvgIpc) is 3.55. The van der Waals surface area contributed by atoms with Crippen LogP contribution in [0.4, 0.5) is 0 Å². The molecule has 0 unspecified atom stereocenters. The molecule has 0 bridgehead atoms. The van der Waals surface area contributed by atoms with Crippen LogP contribution in [0.3, 0.4) is 0 Å². The zero-order valence-corrected chi connectivity index (χ0v) is 21.2. The standard InChI is InChI=1S/C31H29N3O4/c1-22-8-5-6-11-25(22)20-38-26-14-12-24(13-15-26)29(35)27-28(23-9-3-2-4-10-23)34(31(37)30(27)36)18-7-17-33-19-16-32-21-33/h2-6,8-16,19,21,28,35H,7,17-18,20H2,1H3/t28-/m0/s1. The molecule has 1 saturated heterocycles. The molecular weight excluding hydrogens is 478 g/mol. The number of carbonyl (C=O) groups is 2. The SMILES string of the molecule is Cc1ccccc1COc1ccc(C(O)=C2C(=O)C(=O)N(CCCn3ccnc3)[C@H]2c2ccccc2)cc1. The molecule has 4 aromatic rings. The fraction of sp³-hybridized carbons (Fsp3) is 0.194. The van der Waals surface area contributed by atoms with Gasteiger partial charge in [-0.15, -0.1) is 0 Å². The zero-order chi connectivity index (χ0) is 26.5. The summed E-state index contributed by atoms with van der Waals surface area (Å²) in [5.74, 6) is -0.841. The first-order valence-electron chi connectivity index (χ1n) is 12.6. The quantitative estimate of drug-likeness (QED) is 0.189. The number of carbonyl (C=O) groups excluding carboxylic acids is 2. The fourth-order valence-corrected chi connectivity index (χ4v) is 4.73. The lowest BCUT2D eigenvalue weighted by molar-refractivity contribution is -0.139. The Hall–Kier alpha value is -4.65. The van der Waals surface area contributed by atoms with E-state index in [9.17, 15) is 14.7 Å². The summed E-state index contributed by atoms with van der Waals surface area (Å²) in [4.78, 5) is 31.9. The molecule has 1 fully saturated rings. The number of benzene rings is 3. The number of aryl methyl sites for hydroxylation is 2. The van der Waals surface area contributed by atoms with Crippen molar-refractivity contribution in [2.24, 2.45) is 0 Å². The van der Waals surface area contributed by atoms with Gasteiger partial charge in [0.1, 0.15) is 18.1 Å². The predicted octanol–water partition coefficient (Wildman–Crippen LogP) is 5.28. The normalized spacial score (nSPS) is 16.7. The maximum absolute atomic E-state index is 13.2. The first-order valence-corrected chi connectivity index (χ1v) is 12.6. The van der Waals surface area contributed by atoms with Gasteiger partial charge in [0.15, 0.2) is 0 Å². The first kappa shape index (κ1) is 25.0. The van der Waals surface area contributed by atoms with Gasteiger partial charge in [0.05, 0.1) is 17.9 Å². The molecular formula is C31H29N3O4. The highest BCUT2D eigenvalue weighted by Gasteiger charge is 2.45. The largest absolute Gasteiger partial charge is 0.507 e. The van der Waals surface area contributed by atoms with Gasteiger partial charge >= 0.3 is 0 Å². The van der Waals surface area contributed by atoms with Crippen LogP contribution >= 0.6 is 0 Å². The highest BCUT2D eigenvalue weighted by molar-refractivity contribution is 6.46. The van der Waals surface area contributed by atoms with Crippen molar-refractivity contribution in [2.45, 2.75) is 32.5 Å². The number of likely N-dealkylation sites (tertiary alicyclic amines) is 1. The maximum Gasteiger partial charge on any atom is 0.295 e. The number of ketones is 1. The Morgan fingerprint density at radius 2 is 1.68 bits per heavy atom. The smallest absolute Gasteiger partial charge is 0.295 e. The van der Waals surface area contributed by atoms with Gasteiger partial charge < -0.3 is 19.3 Å². The molecule has 7 heteroatoms. The Morgan fingerprint density at radius 3 is 2.39 bits per heavy atom. The highest BCUT2D eigenvalue weighted by atomic mass is 16.5. The molecule has 3 aromatic carbocycles. The molecule has 38 heavy (non-hydrogen) atoms. The Labute approximate surface area is 221 Å². The lowest BCUT2D eigenvalue weighted by atomic mass is 9.95. The number of Topliss-reactive ketones (excluding diaryl/α,β-unsaturated/α-hetero) is 1. The molecule has 1 atom stereocenters. The van der Waals surface area contributed by atoms with Crippen LogP contribution in [0.2, 0.25) is 0 Å². The van der Waals surface area contributed by atoms with Crippen LogP contribution in [0.15, 0.2) is 103 Å². The molecule has 0 spiro atoms. The Morgan fingerprint density at radius 1 is 0.947 bits per heavy atom. The van der Waals surface area contributed by atoms with E-state index < -0.39 is 17.7 Å². The van der Waals surface area contributed by atoms with Crippen molar-refractivity contribution in [1.29, 1.82) is 0 Å². The van der Waals surface area contributed by atoms with Crippen molar-refractivity contribution in [2.75, 3.05) is 6.54 Å². The minimum Gasteiger partial charge on any atom is -0.507 e. The van der Waals surface area contributed by atoms with E-state index in [1.54, 1.807) is 41.7 Å². The fourth-order valence-electron chi connectivity index (χ4n) is 4.73. The van der Waals surface area contributed by atoms with Crippen molar-refractivity contribution >= 4 is 17.4 Å². The van der Waals surface area contributed by atoms with Gasteiger partial charge in [-0.2, -0.15) is 0 Å². The molecule has 0 radical (unpaired) electrons. The summed E-state index contributed by atoms with van der Waals surface area (Å²) in [6, 6.07) is 23.6. The summed E-state index contributed by atoms with van der Waals surface area (Å²) < 4.78 is 7.85. The second-order valence-corrected chi connectivity index (χ2v) is 9.30. The van der Waals surface area contributed by atoms with E-state index in [0.717, 1.165) is 16.7 Å². The van der Waals surface area contributed by atoms with Gasteiger partial charge in [-0.3, -0.25) is 9.59 Å². The van der Waals surface area contributed by atoms with E-state index in [-0.39, 0.29) is 11.3 Å². The Balaban J connectivity index is 1.40. The monoisotopic (exact) mass is 507 g/mol. The molecule has 1 amide bonds. The topological polar surface area (TPSA) is 84.7 Å². The van der Waals surface area contributed by atoms with Gasteiger partial charge in [-0.05, 0) is 54.3 Å². The van der Waals surface area contributed by atoms with Gasteiger partial charge in [-0.25, -0.2) is 4.98 Å². The number of aliphatic hydroxyl groups excluding tert-OH is 1. The van der Waals surface area contributed by atoms with Crippen LogP contribution in [0, 0.1) is 6.92 Å². The van der Waals surface area contributed by atoms with Crippen LogP contribution < -0.4 is 4.74 Å². The lowest BCUT2D eigenvalue weighted by Crippen LogP contribution is -2.31. The number of nitrogens with zero attached hydrogens (tertiary/aromatic N) is 3. The van der Waals surface area contributed by atoms with E-state index in [0.29, 0.717) is 37.4 Å². The molecule has 2 heterocycles. The molecule has 1 N–H and O–H groups in total. The summed E-state index contributed by atoms with van der Waals surface area (Å²) in [5, 5.41) is 11.3. The second kappa shape index (κ2) is 11.2. The summed E-state index contributed by atoms with van der Waals surface area (Å²) >= 11 is 0. The van der Waals surface area contributed by atoms with Crippen LogP contribution in [-0.2, 0) is 22.7 Å². The Kier molecular flexibility index (Phi) is 7.35. The van der Waals surface area contributed by atoms with Gasteiger partial charge in [0, 0.05) is 31.0 Å². The predicted molar refractivity (Wildman–Crippen MR) is 144 cm³/mol. The van der Waals surface area contributed by atoms with Crippen LogP contribution in [-0.4, -0.2) is 37.8 Å². The number of rotatable bonds is 9. The Bertz CT molecular complexity index is 1440. The molecule has 1 aliphatic heterocycles. The van der Waals surface area contributed by atoms with E-state index in [1.807, 2.05) is 72.3 Å². The van der Waals surface area contributed by atoms with Crippen LogP contribution in [0.1, 0.15) is 34.7 Å². The van der Waals surface area contributed by atoms with Gasteiger partial charge in [0.2, 0.25) is 0 Å². The number of aromatic nitrogens is 2. The average molecular weight is 508 g/mol. The number of ether oxygens (including phenoxy) is 1. The molecule has 0 saturated carbocycles. The molecule has 0 aliphatic carbocycles. The number of imidazole rings is 1. The summed E-state index contributed by atoms with van der Waals surface area (Å²) in [6.45, 7) is 3.49. The van der Waals surface area contributed by atoms with E-state index >= 15 is 0 Å². The first-order chi connectivity index (χ1) is 18.5. The number of hydrogen-bond donors (Lipinski definition) is 1. The van der Waals surface area contributed by atoms with Crippen molar-refractivity contribution in [3.8, 4) is 5.75 Å². The van der Waals surface area contributed by atoms with Crippen molar-refractivity contribution < 1.29 is 19.4 Å². The third-order valence-electron chi connectivity index (χ3n) is 6.81. The minimum absolute atomic E-state index is 0.0948. The van der Waals surface area contributed by atoms with E-state index in [4.69, 9.17) is 4.74 Å². The minimum atomic E-state index is -0.682. The summed E-state index contributed by atoms with van der Waals surface area (Å²) in [6.07, 6.45) is 5.92. The van der Waals surface area contributed by atoms with E-state index in [1.165, 1.54) is 0 Å². The third-order valence-corrected chi connectivity index (χ3v) is 6.81. The molecule has 192 valence electrons. The molecule has 5 rings (SSSR count). The summed E-state index contributed by atoms with van der Waals surface area (Å²) in [5.41, 5.74) is 3.56. The molecule has 1 aliphatic rings. The van der Waals surface area contributed by atoms with Crippen molar-refractivity contribution in [3.05, 3.63) is 125 Å². The lowest BCUT2D eigenvalue weighted by Gasteiger charge is -2.25. The van der Waals surface area contributed by atoms with Crippen molar-refractivity contribution in [3.63, 3.8) is 0 Å². The number of amides is 1. The highest BCUT2D eigenvalue weighted by Crippen LogP contribution is 2.39. The molecule has 7 nitrogen and oxygen atoms in total. The third kappa shape index (κ3) is 5.22. The van der Waals surface area contributed by atoms with Crippen LogP contribution in [0.5, 0.6) is 5.75 Å². The zero-order valence-electron chi connectivity index (χ0n) is 21.2. The molecule has 1 aromatic heterocycles.